The van der Waals surface area contributed by atoms with Crippen LogP contribution in [0.15, 0.2) is 35.5 Å². The number of aromatic nitrogens is 1. The van der Waals surface area contributed by atoms with E-state index in [9.17, 15) is 0 Å². The van der Waals surface area contributed by atoms with Gasteiger partial charge in [0.05, 0.1) is 0 Å². The van der Waals surface area contributed by atoms with Crippen LogP contribution in [0, 0.1) is 5.92 Å². The molecule has 142 valence electrons. The fourth-order valence-electron chi connectivity index (χ4n) is 3.79. The van der Waals surface area contributed by atoms with Crippen LogP contribution in [0.4, 0.5) is 0 Å². The number of H-pyrrole nitrogens is 1. The molecule has 1 atom stereocenters. The molecule has 1 unspecified atom stereocenters. The van der Waals surface area contributed by atoms with E-state index in [1.54, 1.807) is 0 Å². The summed E-state index contributed by atoms with van der Waals surface area (Å²) in [5, 5.41) is 8.24. The quantitative estimate of drug-likeness (QED) is 0.529. The minimum atomic E-state index is 0.625. The summed E-state index contributed by atoms with van der Waals surface area (Å²) in [7, 11) is 1.84. The Balaban J connectivity index is 1.39. The Morgan fingerprint density at radius 3 is 2.81 bits per heavy atom. The molecule has 3 rings (SSSR count). The monoisotopic (exact) mass is 355 g/mol. The number of guanidine groups is 1. The molecule has 1 aromatic heterocycles. The van der Waals surface area contributed by atoms with E-state index in [1.165, 1.54) is 55.4 Å². The van der Waals surface area contributed by atoms with E-state index in [0.29, 0.717) is 5.92 Å². The molecule has 1 aliphatic rings. The third-order valence-electron chi connectivity index (χ3n) is 5.22. The third-order valence-corrected chi connectivity index (χ3v) is 5.22. The van der Waals surface area contributed by atoms with E-state index < -0.39 is 0 Å². The van der Waals surface area contributed by atoms with Gasteiger partial charge in [-0.3, -0.25) is 4.99 Å². The average molecular weight is 356 g/mol. The minimum absolute atomic E-state index is 0.625. The zero-order chi connectivity index (χ0) is 18.2. The van der Waals surface area contributed by atoms with Crippen LogP contribution < -0.4 is 10.6 Å². The largest absolute Gasteiger partial charge is 0.361 e. The Morgan fingerprint density at radius 2 is 2.00 bits per heavy atom. The predicted molar refractivity (Wildman–Crippen MR) is 111 cm³/mol. The second-order valence-corrected chi connectivity index (χ2v) is 7.46. The van der Waals surface area contributed by atoms with E-state index in [2.05, 4.69) is 62.9 Å². The molecule has 1 aromatic carbocycles. The summed E-state index contributed by atoms with van der Waals surface area (Å²) in [6.07, 6.45) is 7.21. The van der Waals surface area contributed by atoms with Crippen LogP contribution in [0.1, 0.15) is 31.7 Å². The zero-order valence-corrected chi connectivity index (χ0v) is 16.2. The lowest BCUT2D eigenvalue weighted by Crippen LogP contribution is -2.42. The number of rotatable bonds is 7. The van der Waals surface area contributed by atoms with Crippen LogP contribution in [-0.2, 0) is 6.42 Å². The van der Waals surface area contributed by atoms with Gasteiger partial charge < -0.3 is 20.5 Å². The molecule has 26 heavy (non-hydrogen) atoms. The number of nitrogens with zero attached hydrogens (tertiary/aromatic N) is 2. The fourth-order valence-corrected chi connectivity index (χ4v) is 3.79. The number of para-hydroxylation sites is 1. The second-order valence-electron chi connectivity index (χ2n) is 7.46. The first-order chi connectivity index (χ1) is 12.8. The number of likely N-dealkylation sites (tertiary alicyclic amines) is 1. The van der Waals surface area contributed by atoms with Gasteiger partial charge in [-0.15, -0.1) is 0 Å². The van der Waals surface area contributed by atoms with Crippen LogP contribution in [0.3, 0.4) is 0 Å². The Bertz CT molecular complexity index is 699. The lowest BCUT2D eigenvalue weighted by atomic mass is 10.1. The number of piperidine rings is 1. The van der Waals surface area contributed by atoms with Gasteiger partial charge in [-0.2, -0.15) is 0 Å². The molecule has 5 heteroatoms. The van der Waals surface area contributed by atoms with Crippen molar-refractivity contribution in [3.05, 3.63) is 36.0 Å². The minimum Gasteiger partial charge on any atom is -0.361 e. The van der Waals surface area contributed by atoms with Crippen molar-refractivity contribution in [2.24, 2.45) is 10.9 Å². The molecule has 0 aliphatic carbocycles. The Hall–Kier alpha value is -2.01. The highest BCUT2D eigenvalue weighted by molar-refractivity contribution is 5.83. The highest BCUT2D eigenvalue weighted by Crippen LogP contribution is 2.17. The first kappa shape index (κ1) is 18.8. The number of hydrogen-bond donors (Lipinski definition) is 3. The Labute approximate surface area is 157 Å². The summed E-state index contributed by atoms with van der Waals surface area (Å²) >= 11 is 0. The summed E-state index contributed by atoms with van der Waals surface area (Å²) < 4.78 is 0. The molecule has 0 bridgehead atoms. The van der Waals surface area contributed by atoms with Crippen molar-refractivity contribution in [1.29, 1.82) is 0 Å². The average Bonchev–Trinajstić information content (AvgIpc) is 3.08. The van der Waals surface area contributed by atoms with Gasteiger partial charge in [0.25, 0.3) is 0 Å². The maximum absolute atomic E-state index is 4.36. The molecular weight excluding hydrogens is 322 g/mol. The molecule has 0 radical (unpaired) electrons. The van der Waals surface area contributed by atoms with Gasteiger partial charge in [-0.1, -0.05) is 31.5 Å². The number of fused-ring (bicyclic) bond motifs is 1. The summed E-state index contributed by atoms with van der Waals surface area (Å²) in [5.41, 5.74) is 2.55. The second kappa shape index (κ2) is 9.62. The van der Waals surface area contributed by atoms with Crippen LogP contribution in [0.2, 0.25) is 0 Å². The smallest absolute Gasteiger partial charge is 0.190 e. The topological polar surface area (TPSA) is 55.5 Å². The Morgan fingerprint density at radius 1 is 1.19 bits per heavy atom. The van der Waals surface area contributed by atoms with Gasteiger partial charge in [0.1, 0.15) is 0 Å². The van der Waals surface area contributed by atoms with E-state index in [-0.39, 0.29) is 0 Å². The summed E-state index contributed by atoms with van der Waals surface area (Å²) in [4.78, 5) is 10.3. The van der Waals surface area contributed by atoms with Gasteiger partial charge in [0.15, 0.2) is 5.96 Å². The van der Waals surface area contributed by atoms with Crippen molar-refractivity contribution in [2.75, 3.05) is 39.8 Å². The third kappa shape index (κ3) is 5.24. The maximum atomic E-state index is 4.36. The molecule has 5 nitrogen and oxygen atoms in total. The van der Waals surface area contributed by atoms with Gasteiger partial charge in [-0.05, 0) is 49.9 Å². The first-order valence-electron chi connectivity index (χ1n) is 9.98. The van der Waals surface area contributed by atoms with Crippen molar-refractivity contribution in [1.82, 2.24) is 20.5 Å². The van der Waals surface area contributed by atoms with Crippen LogP contribution in [0.5, 0.6) is 0 Å². The van der Waals surface area contributed by atoms with E-state index in [1.807, 2.05) is 7.05 Å². The maximum Gasteiger partial charge on any atom is 0.190 e. The number of nitrogens with one attached hydrogen (secondary N) is 3. The first-order valence-corrected chi connectivity index (χ1v) is 9.98. The van der Waals surface area contributed by atoms with Crippen molar-refractivity contribution >= 4 is 16.9 Å². The highest BCUT2D eigenvalue weighted by Gasteiger charge is 2.13. The lowest BCUT2D eigenvalue weighted by Gasteiger charge is -2.29. The van der Waals surface area contributed by atoms with Crippen molar-refractivity contribution in [2.45, 2.75) is 32.6 Å². The predicted octanol–water partition coefficient (Wildman–Crippen LogP) is 3.00. The van der Waals surface area contributed by atoms with Crippen molar-refractivity contribution in [3.8, 4) is 0 Å². The molecule has 1 fully saturated rings. The molecule has 2 heterocycles. The van der Waals surface area contributed by atoms with Crippen molar-refractivity contribution < 1.29 is 0 Å². The van der Waals surface area contributed by atoms with E-state index in [0.717, 1.165) is 25.5 Å². The summed E-state index contributed by atoms with van der Waals surface area (Å²) in [6.45, 7) is 7.87. The molecule has 1 saturated heterocycles. The van der Waals surface area contributed by atoms with Crippen LogP contribution in [-0.4, -0.2) is 55.6 Å². The van der Waals surface area contributed by atoms with Crippen LogP contribution in [0.25, 0.3) is 10.9 Å². The number of aromatic amines is 1. The fraction of sp³-hybridized carbons (Fsp3) is 0.571. The number of aliphatic imine (C=N–C) groups is 1. The molecular formula is C21H33N5. The van der Waals surface area contributed by atoms with E-state index in [4.69, 9.17) is 0 Å². The number of benzene rings is 1. The lowest BCUT2D eigenvalue weighted by molar-refractivity contribution is 0.201. The van der Waals surface area contributed by atoms with Gasteiger partial charge in [0.2, 0.25) is 0 Å². The summed E-state index contributed by atoms with van der Waals surface area (Å²) in [6, 6.07) is 8.46. The van der Waals surface area contributed by atoms with Crippen LogP contribution >= 0.6 is 0 Å². The molecule has 0 amide bonds. The highest BCUT2D eigenvalue weighted by atomic mass is 15.2. The zero-order valence-electron chi connectivity index (χ0n) is 16.2. The van der Waals surface area contributed by atoms with Gasteiger partial charge in [-0.25, -0.2) is 0 Å². The molecule has 0 spiro atoms. The van der Waals surface area contributed by atoms with E-state index >= 15 is 0 Å². The standard InChI is InChI=1S/C21H33N5/c1-17(16-26-12-6-3-7-13-26)14-25-21(22-2)23-11-10-18-15-24-20-9-5-4-8-19(18)20/h4-5,8-9,15,17,24H,3,6-7,10-14,16H2,1-2H3,(H2,22,23,25). The molecule has 2 aromatic rings. The van der Waals surface area contributed by atoms with Gasteiger partial charge >= 0.3 is 0 Å². The van der Waals surface area contributed by atoms with Gasteiger partial charge in [0, 0.05) is 43.8 Å². The Kier molecular flexibility index (Phi) is 6.95. The SMILES string of the molecule is CN=C(NCCc1c[nH]c2ccccc12)NCC(C)CN1CCCCC1. The molecule has 1 aliphatic heterocycles. The molecule has 3 N–H and O–H groups in total. The van der Waals surface area contributed by atoms with Crippen molar-refractivity contribution in [3.63, 3.8) is 0 Å². The summed E-state index contributed by atoms with van der Waals surface area (Å²) in [5.74, 6) is 1.52. The molecule has 0 saturated carbocycles. The number of hydrogen-bond acceptors (Lipinski definition) is 2. The normalized spacial score (nSPS) is 17.4.